The van der Waals surface area contributed by atoms with Crippen molar-refractivity contribution in [2.45, 2.75) is 46.2 Å². The summed E-state index contributed by atoms with van der Waals surface area (Å²) in [6, 6.07) is 0.129. The van der Waals surface area contributed by atoms with E-state index in [0.29, 0.717) is 6.54 Å². The van der Waals surface area contributed by atoms with Gasteiger partial charge < -0.3 is 10.2 Å². The molecule has 0 heterocycles. The first-order valence-corrected chi connectivity index (χ1v) is 4.98. The van der Waals surface area contributed by atoms with Crippen molar-refractivity contribution in [2.24, 2.45) is 0 Å². The van der Waals surface area contributed by atoms with E-state index in [0.717, 1.165) is 0 Å². The van der Waals surface area contributed by atoms with Crippen molar-refractivity contribution in [2.75, 3.05) is 6.54 Å². The summed E-state index contributed by atoms with van der Waals surface area (Å²) in [6.07, 6.45) is 1.74. The van der Waals surface area contributed by atoms with Crippen LogP contribution < -0.4 is 5.32 Å². The molecule has 0 bridgehead atoms. The molecule has 0 aliphatic carbocycles. The fourth-order valence-electron chi connectivity index (χ4n) is 1.12. The third-order valence-electron chi connectivity index (χ3n) is 1.78. The van der Waals surface area contributed by atoms with Crippen LogP contribution in [0.3, 0.4) is 0 Å². The largest absolute Gasteiger partial charge is 0.336 e. The molecule has 0 saturated carbocycles. The second-order valence-electron chi connectivity index (χ2n) is 4.67. The Labute approximate surface area is 87.2 Å². The fraction of sp³-hybridized carbons (Fsp3) is 0.727. The van der Waals surface area contributed by atoms with Crippen LogP contribution in [-0.4, -0.2) is 29.1 Å². The van der Waals surface area contributed by atoms with Crippen LogP contribution in [0.5, 0.6) is 0 Å². The molecule has 0 spiro atoms. The molecule has 0 aliphatic heterocycles. The van der Waals surface area contributed by atoms with E-state index in [9.17, 15) is 4.79 Å². The van der Waals surface area contributed by atoms with E-state index < -0.39 is 0 Å². The average molecular weight is 198 g/mol. The molecule has 1 N–H and O–H groups in total. The quantitative estimate of drug-likeness (QED) is 0.694. The molecule has 0 radical (unpaired) electrons. The minimum Gasteiger partial charge on any atom is -0.336 e. The molecule has 0 aromatic carbocycles. The number of carbonyl (C=O) groups excluding carboxylic acids is 1. The number of amides is 2. The number of nitrogens with zero attached hydrogens (tertiary/aromatic N) is 1. The number of rotatable bonds is 3. The van der Waals surface area contributed by atoms with E-state index in [4.69, 9.17) is 0 Å². The molecular weight excluding hydrogens is 176 g/mol. The maximum absolute atomic E-state index is 11.8. The van der Waals surface area contributed by atoms with Gasteiger partial charge in [0.15, 0.2) is 0 Å². The van der Waals surface area contributed by atoms with Gasteiger partial charge in [0.2, 0.25) is 0 Å². The van der Waals surface area contributed by atoms with Gasteiger partial charge in [-0.25, -0.2) is 4.79 Å². The fourth-order valence-corrected chi connectivity index (χ4v) is 1.12. The zero-order valence-corrected chi connectivity index (χ0v) is 9.92. The van der Waals surface area contributed by atoms with Crippen LogP contribution in [0.15, 0.2) is 12.7 Å². The Morgan fingerprint density at radius 1 is 1.50 bits per heavy atom. The van der Waals surface area contributed by atoms with Gasteiger partial charge in [-0.2, -0.15) is 0 Å². The van der Waals surface area contributed by atoms with Crippen LogP contribution in [0.2, 0.25) is 0 Å². The summed E-state index contributed by atoms with van der Waals surface area (Å²) in [6.45, 7) is 14.2. The molecule has 14 heavy (non-hydrogen) atoms. The highest BCUT2D eigenvalue weighted by atomic mass is 16.2. The topological polar surface area (TPSA) is 32.3 Å². The zero-order valence-electron chi connectivity index (χ0n) is 9.92. The van der Waals surface area contributed by atoms with Gasteiger partial charge in [0, 0.05) is 18.1 Å². The first-order valence-electron chi connectivity index (χ1n) is 4.98. The summed E-state index contributed by atoms with van der Waals surface area (Å²) in [7, 11) is 0. The van der Waals surface area contributed by atoms with Gasteiger partial charge in [-0.3, -0.25) is 0 Å². The maximum atomic E-state index is 11.8. The summed E-state index contributed by atoms with van der Waals surface area (Å²) in [5, 5.41) is 2.87. The molecule has 0 rings (SSSR count). The molecule has 3 heteroatoms. The van der Waals surface area contributed by atoms with E-state index in [1.165, 1.54) is 0 Å². The van der Waals surface area contributed by atoms with E-state index >= 15 is 0 Å². The first-order chi connectivity index (χ1) is 6.29. The highest BCUT2D eigenvalue weighted by Gasteiger charge is 2.25. The summed E-state index contributed by atoms with van der Waals surface area (Å²) in [4.78, 5) is 13.5. The Morgan fingerprint density at radius 2 is 2.00 bits per heavy atom. The van der Waals surface area contributed by atoms with Gasteiger partial charge in [-0.15, -0.1) is 6.58 Å². The molecule has 0 saturated heterocycles. The van der Waals surface area contributed by atoms with E-state index in [-0.39, 0.29) is 17.6 Å². The highest BCUT2D eigenvalue weighted by molar-refractivity contribution is 5.75. The second kappa shape index (κ2) is 5.03. The van der Waals surface area contributed by atoms with E-state index in [1.54, 1.807) is 11.0 Å². The van der Waals surface area contributed by atoms with Crippen molar-refractivity contribution >= 4 is 6.03 Å². The van der Waals surface area contributed by atoms with Crippen LogP contribution in [0, 0.1) is 0 Å². The predicted octanol–water partition coefficient (Wildman–Crippen LogP) is 2.39. The lowest BCUT2D eigenvalue weighted by atomic mass is 10.1. The standard InChI is InChI=1S/C11H22N2O/c1-7-8-13(11(4,5)6)10(14)12-9(2)3/h7,9H,1,8H2,2-6H3,(H,12,14). The molecule has 82 valence electrons. The van der Waals surface area contributed by atoms with Crippen LogP contribution in [0.1, 0.15) is 34.6 Å². The van der Waals surface area contributed by atoms with E-state index in [1.807, 2.05) is 34.6 Å². The third kappa shape index (κ3) is 4.30. The Balaban J connectivity index is 4.49. The lowest BCUT2D eigenvalue weighted by Gasteiger charge is -2.35. The minimum atomic E-state index is -0.173. The average Bonchev–Trinajstić information content (AvgIpc) is 1.96. The van der Waals surface area contributed by atoms with Crippen molar-refractivity contribution in [3.63, 3.8) is 0 Å². The SMILES string of the molecule is C=CCN(C(=O)NC(C)C)C(C)(C)C. The molecular formula is C11H22N2O. The number of carbonyl (C=O) groups is 1. The van der Waals surface area contributed by atoms with Crippen LogP contribution >= 0.6 is 0 Å². The molecule has 0 unspecified atom stereocenters. The van der Waals surface area contributed by atoms with Crippen LogP contribution in [0.25, 0.3) is 0 Å². The Morgan fingerprint density at radius 3 is 2.29 bits per heavy atom. The van der Waals surface area contributed by atoms with E-state index in [2.05, 4.69) is 11.9 Å². The molecule has 0 atom stereocenters. The van der Waals surface area contributed by atoms with Gasteiger partial charge in [-0.05, 0) is 34.6 Å². The summed E-state index contributed by atoms with van der Waals surface area (Å²) in [5.74, 6) is 0. The second-order valence-corrected chi connectivity index (χ2v) is 4.67. The van der Waals surface area contributed by atoms with Crippen LogP contribution in [-0.2, 0) is 0 Å². The lowest BCUT2D eigenvalue weighted by molar-refractivity contribution is 0.153. The van der Waals surface area contributed by atoms with Crippen molar-refractivity contribution in [3.8, 4) is 0 Å². The maximum Gasteiger partial charge on any atom is 0.318 e. The predicted molar refractivity (Wildman–Crippen MR) is 60.3 cm³/mol. The third-order valence-corrected chi connectivity index (χ3v) is 1.78. The molecule has 0 aliphatic rings. The molecule has 2 amide bonds. The number of urea groups is 1. The number of hydrogen-bond donors (Lipinski definition) is 1. The minimum absolute atomic E-state index is 0.0348. The van der Waals surface area contributed by atoms with Gasteiger partial charge >= 0.3 is 6.03 Å². The zero-order chi connectivity index (χ0) is 11.4. The first kappa shape index (κ1) is 13.0. The Kier molecular flexibility index (Phi) is 4.68. The van der Waals surface area contributed by atoms with Gasteiger partial charge in [-0.1, -0.05) is 6.08 Å². The lowest BCUT2D eigenvalue weighted by Crippen LogP contribution is -2.51. The summed E-state index contributed by atoms with van der Waals surface area (Å²) in [5.41, 5.74) is -0.173. The number of hydrogen-bond acceptors (Lipinski definition) is 1. The normalized spacial score (nSPS) is 11.3. The smallest absolute Gasteiger partial charge is 0.318 e. The van der Waals surface area contributed by atoms with Crippen molar-refractivity contribution in [3.05, 3.63) is 12.7 Å². The van der Waals surface area contributed by atoms with Crippen LogP contribution in [0.4, 0.5) is 4.79 Å². The highest BCUT2D eigenvalue weighted by Crippen LogP contribution is 2.13. The Hall–Kier alpha value is -0.990. The molecule has 0 aromatic rings. The number of nitrogens with one attached hydrogen (secondary N) is 1. The summed E-state index contributed by atoms with van der Waals surface area (Å²) >= 11 is 0. The van der Waals surface area contributed by atoms with Gasteiger partial charge in [0.1, 0.15) is 0 Å². The molecule has 0 fully saturated rings. The summed E-state index contributed by atoms with van der Waals surface area (Å²) < 4.78 is 0. The van der Waals surface area contributed by atoms with Gasteiger partial charge in [0.05, 0.1) is 0 Å². The molecule has 3 nitrogen and oxygen atoms in total. The van der Waals surface area contributed by atoms with Crippen molar-refractivity contribution < 1.29 is 4.79 Å². The molecule has 0 aromatic heterocycles. The van der Waals surface area contributed by atoms with Gasteiger partial charge in [0.25, 0.3) is 0 Å². The Bertz CT molecular complexity index is 204. The monoisotopic (exact) mass is 198 g/mol. The van der Waals surface area contributed by atoms with Crippen molar-refractivity contribution in [1.29, 1.82) is 0 Å². The van der Waals surface area contributed by atoms with Crippen molar-refractivity contribution in [1.82, 2.24) is 10.2 Å².